The second kappa shape index (κ2) is 6.81. The van der Waals surface area contributed by atoms with Crippen molar-refractivity contribution in [3.63, 3.8) is 0 Å². The number of rotatable bonds is 4. The number of hydrogen-bond donors (Lipinski definition) is 1. The number of aliphatic hydroxyl groups is 1. The number of thiophene rings is 1. The minimum Gasteiger partial charge on any atom is -0.396 e. The molecule has 1 saturated carbocycles. The Hall–Kier alpha value is -0.850. The zero-order chi connectivity index (χ0) is 16.7. The lowest BCUT2D eigenvalue weighted by molar-refractivity contribution is 0.322. The Morgan fingerprint density at radius 3 is 2.88 bits per heavy atom. The number of thioether (sulfide) groups is 1. The largest absolute Gasteiger partial charge is 0.396 e. The van der Waals surface area contributed by atoms with Crippen molar-refractivity contribution in [3.05, 3.63) is 20.8 Å². The van der Waals surface area contributed by atoms with Gasteiger partial charge < -0.3 is 5.11 Å². The van der Waals surface area contributed by atoms with Crippen LogP contribution in [0.1, 0.15) is 55.5 Å². The molecule has 6 heteroatoms. The number of nitrogens with zero attached hydrogens (tertiary/aromatic N) is 2. The fourth-order valence-corrected chi connectivity index (χ4v) is 6.34. The average Bonchev–Trinajstić information content (AvgIpc) is 3.19. The molecule has 4 nitrogen and oxygen atoms in total. The molecule has 0 unspecified atom stereocenters. The predicted molar refractivity (Wildman–Crippen MR) is 100 cm³/mol. The van der Waals surface area contributed by atoms with Crippen molar-refractivity contribution in [2.75, 3.05) is 12.4 Å². The van der Waals surface area contributed by atoms with Gasteiger partial charge in [0.15, 0.2) is 5.16 Å². The van der Waals surface area contributed by atoms with E-state index in [4.69, 9.17) is 4.98 Å². The van der Waals surface area contributed by atoms with Crippen molar-refractivity contribution in [3.8, 4) is 0 Å². The number of fused-ring (bicyclic) bond motifs is 3. The average molecular weight is 365 g/mol. The molecule has 0 amide bonds. The molecule has 2 aliphatic carbocycles. The molecule has 2 aliphatic rings. The maximum Gasteiger partial charge on any atom is 0.263 e. The summed E-state index contributed by atoms with van der Waals surface area (Å²) in [5, 5.41) is 10.9. The normalized spacial score (nSPS) is 21.5. The fourth-order valence-electron chi connectivity index (χ4n) is 4.11. The van der Waals surface area contributed by atoms with E-state index in [1.807, 2.05) is 4.57 Å². The molecule has 0 bridgehead atoms. The van der Waals surface area contributed by atoms with Gasteiger partial charge in [-0.15, -0.1) is 11.3 Å². The van der Waals surface area contributed by atoms with Crippen molar-refractivity contribution in [2.24, 2.45) is 5.92 Å². The smallest absolute Gasteiger partial charge is 0.263 e. The van der Waals surface area contributed by atoms with Gasteiger partial charge in [-0.1, -0.05) is 31.5 Å². The molecule has 0 saturated heterocycles. The molecule has 2 heterocycles. The van der Waals surface area contributed by atoms with E-state index in [-0.39, 0.29) is 18.2 Å². The van der Waals surface area contributed by atoms with Gasteiger partial charge in [0.2, 0.25) is 0 Å². The third-order valence-electron chi connectivity index (χ3n) is 5.34. The lowest BCUT2D eigenvalue weighted by Gasteiger charge is -2.19. The Morgan fingerprint density at radius 1 is 1.33 bits per heavy atom. The highest BCUT2D eigenvalue weighted by Crippen LogP contribution is 2.38. The molecule has 1 fully saturated rings. The molecule has 130 valence electrons. The van der Waals surface area contributed by atoms with Gasteiger partial charge in [-0.05, 0) is 43.6 Å². The first kappa shape index (κ1) is 16.6. The van der Waals surface area contributed by atoms with E-state index in [0.29, 0.717) is 11.7 Å². The summed E-state index contributed by atoms with van der Waals surface area (Å²) < 4.78 is 1.96. The summed E-state index contributed by atoms with van der Waals surface area (Å²) in [5.41, 5.74) is 1.44. The maximum atomic E-state index is 13.4. The number of hydrogen-bond acceptors (Lipinski definition) is 5. The van der Waals surface area contributed by atoms with E-state index in [0.717, 1.165) is 41.1 Å². The predicted octanol–water partition coefficient (Wildman–Crippen LogP) is 3.78. The SMILES string of the molecule is C[C@H]1CCc2c(sc3nc(SCCO)n(C4CCCC4)c(=O)c23)C1. The standard InChI is InChI=1S/C18H24N2O2S2/c1-11-6-7-13-14(10-11)24-16-15(13)17(22)20(12-4-2-3-5-12)18(19-16)23-9-8-21/h11-12,21H,2-10H2,1H3/t11-/m0/s1. The zero-order valence-corrected chi connectivity index (χ0v) is 15.7. The van der Waals surface area contributed by atoms with E-state index >= 15 is 0 Å². The van der Waals surface area contributed by atoms with Crippen LogP contribution in [0.15, 0.2) is 9.95 Å². The number of aryl methyl sites for hydroxylation is 1. The second-order valence-electron chi connectivity index (χ2n) is 7.11. The molecule has 0 spiro atoms. The number of aliphatic hydroxyl groups excluding tert-OH is 1. The third kappa shape index (κ3) is 2.82. The molecule has 2 aromatic rings. The maximum absolute atomic E-state index is 13.4. The van der Waals surface area contributed by atoms with Crippen molar-refractivity contribution in [1.82, 2.24) is 9.55 Å². The van der Waals surface area contributed by atoms with E-state index in [1.165, 1.54) is 41.5 Å². The highest BCUT2D eigenvalue weighted by Gasteiger charge is 2.27. The van der Waals surface area contributed by atoms with Gasteiger partial charge in [0.25, 0.3) is 5.56 Å². The summed E-state index contributed by atoms with van der Waals surface area (Å²) in [6.45, 7) is 2.40. The molecule has 1 N–H and O–H groups in total. The van der Waals surface area contributed by atoms with Crippen LogP contribution >= 0.6 is 23.1 Å². The fraction of sp³-hybridized carbons (Fsp3) is 0.667. The van der Waals surface area contributed by atoms with Crippen LogP contribution in [0.5, 0.6) is 0 Å². The first-order valence-electron chi connectivity index (χ1n) is 8.99. The summed E-state index contributed by atoms with van der Waals surface area (Å²) in [6, 6.07) is 0.286. The quantitative estimate of drug-likeness (QED) is 0.662. The molecule has 2 aromatic heterocycles. The topological polar surface area (TPSA) is 55.1 Å². The lowest BCUT2D eigenvalue weighted by Crippen LogP contribution is -2.27. The third-order valence-corrected chi connectivity index (χ3v) is 7.42. The van der Waals surface area contributed by atoms with Gasteiger partial charge in [-0.3, -0.25) is 9.36 Å². The molecule has 24 heavy (non-hydrogen) atoms. The molecular formula is C18H24N2O2S2. The first-order chi connectivity index (χ1) is 11.7. The van der Waals surface area contributed by atoms with Crippen LogP contribution < -0.4 is 5.56 Å². The first-order valence-corrected chi connectivity index (χ1v) is 10.8. The van der Waals surface area contributed by atoms with Crippen LogP contribution in [-0.2, 0) is 12.8 Å². The summed E-state index contributed by atoms with van der Waals surface area (Å²) >= 11 is 3.23. The molecular weight excluding hydrogens is 340 g/mol. The van der Waals surface area contributed by atoms with Crippen LogP contribution in [0.3, 0.4) is 0 Å². The molecule has 0 aromatic carbocycles. The Balaban J connectivity index is 1.90. The summed E-state index contributed by atoms with van der Waals surface area (Å²) in [6.07, 6.45) is 7.80. The van der Waals surface area contributed by atoms with E-state index < -0.39 is 0 Å². The van der Waals surface area contributed by atoms with Gasteiger partial charge in [-0.2, -0.15) is 0 Å². The van der Waals surface area contributed by atoms with Crippen LogP contribution in [0.2, 0.25) is 0 Å². The zero-order valence-electron chi connectivity index (χ0n) is 14.1. The molecule has 1 atom stereocenters. The molecule has 0 radical (unpaired) electrons. The molecule has 4 rings (SSSR count). The van der Waals surface area contributed by atoms with Gasteiger partial charge in [0.05, 0.1) is 12.0 Å². The highest BCUT2D eigenvalue weighted by molar-refractivity contribution is 7.99. The van der Waals surface area contributed by atoms with Crippen LogP contribution in [0.25, 0.3) is 10.2 Å². The Labute approximate surface area is 150 Å². The lowest BCUT2D eigenvalue weighted by atomic mass is 9.89. The second-order valence-corrected chi connectivity index (χ2v) is 9.26. The van der Waals surface area contributed by atoms with Gasteiger partial charge in [-0.25, -0.2) is 4.98 Å². The van der Waals surface area contributed by atoms with E-state index in [9.17, 15) is 9.90 Å². The van der Waals surface area contributed by atoms with Crippen molar-refractivity contribution in [1.29, 1.82) is 0 Å². The van der Waals surface area contributed by atoms with E-state index in [1.54, 1.807) is 11.3 Å². The van der Waals surface area contributed by atoms with Crippen LogP contribution in [-0.4, -0.2) is 27.0 Å². The minimum absolute atomic E-state index is 0.113. The van der Waals surface area contributed by atoms with Gasteiger partial charge in [0, 0.05) is 16.7 Å². The van der Waals surface area contributed by atoms with Crippen molar-refractivity contribution < 1.29 is 5.11 Å². The van der Waals surface area contributed by atoms with Crippen LogP contribution in [0.4, 0.5) is 0 Å². The van der Waals surface area contributed by atoms with E-state index in [2.05, 4.69) is 6.92 Å². The Bertz CT molecular complexity index is 805. The minimum atomic E-state index is 0.113. The summed E-state index contributed by atoms with van der Waals surface area (Å²) in [5.74, 6) is 1.29. The number of aromatic nitrogens is 2. The highest BCUT2D eigenvalue weighted by atomic mass is 32.2. The summed E-state index contributed by atoms with van der Waals surface area (Å²) in [7, 11) is 0. The molecule has 0 aliphatic heterocycles. The van der Waals surface area contributed by atoms with Crippen molar-refractivity contribution >= 4 is 33.3 Å². The van der Waals surface area contributed by atoms with Crippen molar-refractivity contribution in [2.45, 2.75) is 63.1 Å². The Kier molecular flexibility index (Phi) is 4.71. The Morgan fingerprint density at radius 2 is 2.12 bits per heavy atom. The van der Waals surface area contributed by atoms with Gasteiger partial charge >= 0.3 is 0 Å². The monoisotopic (exact) mass is 364 g/mol. The van der Waals surface area contributed by atoms with Crippen LogP contribution in [0, 0.1) is 5.92 Å². The summed E-state index contributed by atoms with van der Waals surface area (Å²) in [4.78, 5) is 20.5. The van der Waals surface area contributed by atoms with Gasteiger partial charge in [0.1, 0.15) is 4.83 Å².